The second kappa shape index (κ2) is 4.41. The molecule has 0 aromatic carbocycles. The van der Waals surface area contributed by atoms with Gasteiger partial charge in [0.25, 0.3) is 0 Å². The standard InChI is InChI=1S/C7H4Br2N4S/c8-4-1-5(9)6(10-2-4)14-7-11-3-12-13-7/h1-3H,(H,11,12,13). The topological polar surface area (TPSA) is 54.5 Å². The molecule has 0 aliphatic heterocycles. The van der Waals surface area contributed by atoms with E-state index in [9.17, 15) is 0 Å². The quantitative estimate of drug-likeness (QED) is 0.916. The molecule has 0 radical (unpaired) electrons. The first-order valence-electron chi connectivity index (χ1n) is 3.60. The molecule has 0 saturated carbocycles. The van der Waals surface area contributed by atoms with Gasteiger partial charge in [0.05, 0.1) is 4.47 Å². The van der Waals surface area contributed by atoms with E-state index in [-0.39, 0.29) is 0 Å². The van der Waals surface area contributed by atoms with Crippen LogP contribution < -0.4 is 0 Å². The highest BCUT2D eigenvalue weighted by Gasteiger charge is 2.06. The largest absolute Gasteiger partial charge is 0.254 e. The smallest absolute Gasteiger partial charge is 0.189 e. The van der Waals surface area contributed by atoms with E-state index in [2.05, 4.69) is 52.0 Å². The van der Waals surface area contributed by atoms with E-state index in [1.54, 1.807) is 6.20 Å². The molecule has 0 atom stereocenters. The number of hydrogen-bond donors (Lipinski definition) is 1. The summed E-state index contributed by atoms with van der Waals surface area (Å²) in [6, 6.07) is 1.94. The first-order valence-corrected chi connectivity index (χ1v) is 6.00. The van der Waals surface area contributed by atoms with E-state index in [0.29, 0.717) is 0 Å². The molecule has 72 valence electrons. The lowest BCUT2D eigenvalue weighted by Crippen LogP contribution is -1.83. The Hall–Kier alpha value is -0.400. The van der Waals surface area contributed by atoms with Gasteiger partial charge in [-0.2, -0.15) is 5.10 Å². The minimum atomic E-state index is 0.723. The van der Waals surface area contributed by atoms with Crippen LogP contribution in [0.1, 0.15) is 0 Å². The predicted molar refractivity (Wildman–Crippen MR) is 60.1 cm³/mol. The maximum atomic E-state index is 4.23. The first kappa shape index (κ1) is 10.1. The van der Waals surface area contributed by atoms with Crippen molar-refractivity contribution >= 4 is 43.6 Å². The van der Waals surface area contributed by atoms with E-state index in [1.165, 1.54) is 18.1 Å². The van der Waals surface area contributed by atoms with Crippen molar-refractivity contribution in [3.8, 4) is 0 Å². The number of aromatic nitrogens is 4. The van der Waals surface area contributed by atoms with Gasteiger partial charge in [-0.05, 0) is 49.7 Å². The predicted octanol–water partition coefficient (Wildman–Crippen LogP) is 2.88. The molecule has 2 aromatic rings. The van der Waals surface area contributed by atoms with Gasteiger partial charge in [-0.3, -0.25) is 5.10 Å². The van der Waals surface area contributed by atoms with Gasteiger partial charge in [0.2, 0.25) is 0 Å². The van der Waals surface area contributed by atoms with Gasteiger partial charge >= 0.3 is 0 Å². The Labute approximate surface area is 101 Å². The fourth-order valence-corrected chi connectivity index (χ4v) is 2.69. The van der Waals surface area contributed by atoms with Gasteiger partial charge in [-0.25, -0.2) is 9.97 Å². The maximum Gasteiger partial charge on any atom is 0.189 e. The van der Waals surface area contributed by atoms with Crippen LogP contribution in [0, 0.1) is 0 Å². The molecule has 4 nitrogen and oxygen atoms in total. The molecule has 2 aromatic heterocycles. The monoisotopic (exact) mass is 334 g/mol. The zero-order valence-corrected chi connectivity index (χ0v) is 10.7. The zero-order chi connectivity index (χ0) is 9.97. The number of aromatic amines is 1. The number of rotatable bonds is 2. The summed E-state index contributed by atoms with van der Waals surface area (Å²) in [6.45, 7) is 0. The molecule has 0 unspecified atom stereocenters. The molecule has 0 saturated heterocycles. The van der Waals surface area contributed by atoms with Gasteiger partial charge in [-0.15, -0.1) is 0 Å². The number of nitrogens with zero attached hydrogens (tertiary/aromatic N) is 3. The van der Waals surface area contributed by atoms with E-state index < -0.39 is 0 Å². The summed E-state index contributed by atoms with van der Waals surface area (Å²) < 4.78 is 1.86. The zero-order valence-electron chi connectivity index (χ0n) is 6.74. The third-order valence-electron chi connectivity index (χ3n) is 1.36. The van der Waals surface area contributed by atoms with Crippen LogP contribution in [0.4, 0.5) is 0 Å². The summed E-state index contributed by atoms with van der Waals surface area (Å²) in [5.41, 5.74) is 0. The van der Waals surface area contributed by atoms with E-state index in [4.69, 9.17) is 0 Å². The van der Waals surface area contributed by atoms with Crippen molar-refractivity contribution < 1.29 is 0 Å². The Morgan fingerprint density at radius 3 is 2.79 bits per heavy atom. The first-order chi connectivity index (χ1) is 6.75. The molecule has 0 aliphatic carbocycles. The summed E-state index contributed by atoms with van der Waals surface area (Å²) in [6.07, 6.45) is 3.21. The maximum absolute atomic E-state index is 4.23. The van der Waals surface area contributed by atoms with Crippen LogP contribution in [0.3, 0.4) is 0 Å². The summed E-state index contributed by atoms with van der Waals surface area (Å²) in [7, 11) is 0. The van der Waals surface area contributed by atoms with E-state index in [1.807, 2.05) is 6.07 Å². The number of pyridine rings is 1. The van der Waals surface area contributed by atoms with Crippen LogP contribution in [0.25, 0.3) is 0 Å². The molecule has 0 amide bonds. The van der Waals surface area contributed by atoms with Crippen molar-refractivity contribution in [2.24, 2.45) is 0 Å². The average molecular weight is 336 g/mol. The van der Waals surface area contributed by atoms with Crippen LogP contribution in [0.15, 0.2) is 37.7 Å². The molecule has 7 heteroatoms. The Bertz CT molecular complexity index is 431. The number of nitrogens with one attached hydrogen (secondary N) is 1. The summed E-state index contributed by atoms with van der Waals surface area (Å²) in [5.74, 6) is 0. The van der Waals surface area contributed by atoms with Gasteiger partial charge in [0, 0.05) is 10.7 Å². The van der Waals surface area contributed by atoms with Crippen molar-refractivity contribution in [2.45, 2.75) is 10.2 Å². The van der Waals surface area contributed by atoms with E-state index >= 15 is 0 Å². The second-order valence-corrected chi connectivity index (χ2v) is 5.08. The molecule has 2 heterocycles. The lowest BCUT2D eigenvalue weighted by atomic mass is 10.5. The van der Waals surface area contributed by atoms with E-state index in [0.717, 1.165) is 19.1 Å². The molecule has 1 N–H and O–H groups in total. The van der Waals surface area contributed by atoms with Crippen LogP contribution in [-0.4, -0.2) is 20.2 Å². The highest BCUT2D eigenvalue weighted by Crippen LogP contribution is 2.30. The van der Waals surface area contributed by atoms with Gasteiger partial charge in [0.1, 0.15) is 11.4 Å². The molecule has 14 heavy (non-hydrogen) atoms. The summed E-state index contributed by atoms with van der Waals surface area (Å²) in [5, 5.41) is 8.09. The second-order valence-electron chi connectivity index (χ2n) is 2.33. The Morgan fingerprint density at radius 1 is 1.29 bits per heavy atom. The van der Waals surface area contributed by atoms with Crippen molar-refractivity contribution in [3.63, 3.8) is 0 Å². The third kappa shape index (κ3) is 2.34. The Kier molecular flexibility index (Phi) is 3.19. The SMILES string of the molecule is Brc1cnc(Sc2ncn[nH]2)c(Br)c1. The molecule has 2 rings (SSSR count). The minimum Gasteiger partial charge on any atom is -0.254 e. The van der Waals surface area contributed by atoms with Crippen LogP contribution in [0.2, 0.25) is 0 Å². The fourth-order valence-electron chi connectivity index (χ4n) is 0.812. The van der Waals surface area contributed by atoms with Crippen molar-refractivity contribution in [1.82, 2.24) is 20.2 Å². The lowest BCUT2D eigenvalue weighted by Gasteiger charge is -2.00. The number of hydrogen-bond acceptors (Lipinski definition) is 4. The normalized spacial score (nSPS) is 10.4. The Morgan fingerprint density at radius 2 is 2.14 bits per heavy atom. The molecule has 0 fully saturated rings. The van der Waals surface area contributed by atoms with Crippen molar-refractivity contribution in [1.29, 1.82) is 0 Å². The molecule has 0 bridgehead atoms. The molecular weight excluding hydrogens is 332 g/mol. The highest BCUT2D eigenvalue weighted by atomic mass is 79.9. The fraction of sp³-hybridized carbons (Fsp3) is 0. The average Bonchev–Trinajstić information content (AvgIpc) is 2.62. The summed E-state index contributed by atoms with van der Waals surface area (Å²) >= 11 is 8.18. The third-order valence-corrected chi connectivity index (χ3v) is 3.57. The molecular formula is C7H4Br2N4S. The van der Waals surface area contributed by atoms with Gasteiger partial charge in [-0.1, -0.05) is 0 Å². The Balaban J connectivity index is 2.25. The van der Waals surface area contributed by atoms with Gasteiger partial charge < -0.3 is 0 Å². The number of halogens is 2. The molecule has 0 aliphatic rings. The number of H-pyrrole nitrogens is 1. The van der Waals surface area contributed by atoms with Crippen molar-refractivity contribution in [2.75, 3.05) is 0 Å². The van der Waals surface area contributed by atoms with Crippen LogP contribution in [0.5, 0.6) is 0 Å². The highest BCUT2D eigenvalue weighted by molar-refractivity contribution is 9.11. The lowest BCUT2D eigenvalue weighted by molar-refractivity contribution is 0.965. The van der Waals surface area contributed by atoms with Gasteiger partial charge in [0.15, 0.2) is 5.16 Å². The summed E-state index contributed by atoms with van der Waals surface area (Å²) in [4.78, 5) is 8.23. The van der Waals surface area contributed by atoms with Crippen LogP contribution in [-0.2, 0) is 0 Å². The van der Waals surface area contributed by atoms with Crippen molar-refractivity contribution in [3.05, 3.63) is 27.5 Å². The molecule has 0 spiro atoms. The van der Waals surface area contributed by atoms with Crippen LogP contribution >= 0.6 is 43.6 Å². The minimum absolute atomic E-state index is 0.723.